The average Bonchev–Trinajstić information content (AvgIpc) is 3.18. The van der Waals surface area contributed by atoms with E-state index in [2.05, 4.69) is 33.2 Å². The molecule has 4 nitrogen and oxygen atoms in total. The lowest BCUT2D eigenvalue weighted by Crippen LogP contribution is -2.37. The lowest BCUT2D eigenvalue weighted by molar-refractivity contribution is -0.120. The number of nitrogens with one attached hydrogen (secondary N) is 2. The second-order valence-corrected chi connectivity index (χ2v) is 5.57. The second-order valence-electron chi connectivity index (χ2n) is 4.41. The first-order chi connectivity index (χ1) is 8.66. The molecule has 0 radical (unpaired) electrons. The minimum atomic E-state index is -0.207. The molecule has 1 aliphatic rings. The van der Waals surface area contributed by atoms with Crippen LogP contribution < -0.4 is 10.6 Å². The first-order valence-electron chi connectivity index (χ1n) is 5.96. The SMILES string of the molecule is O=C(CNC(=O)c1ccccc1I)NCC1CC1. The fourth-order valence-corrected chi connectivity index (χ4v) is 2.18. The molecule has 1 fully saturated rings. The normalized spacial score (nSPS) is 14.1. The standard InChI is InChI=1S/C13H15IN2O2/c14-11-4-2-1-3-10(11)13(18)16-8-12(17)15-7-9-5-6-9/h1-4,9H,5-8H2,(H,15,17)(H,16,18). The molecule has 0 aromatic heterocycles. The Labute approximate surface area is 120 Å². The quantitative estimate of drug-likeness (QED) is 0.785. The molecule has 1 aliphatic carbocycles. The summed E-state index contributed by atoms with van der Waals surface area (Å²) in [6, 6.07) is 7.30. The van der Waals surface area contributed by atoms with E-state index in [9.17, 15) is 9.59 Å². The Morgan fingerprint density at radius 2 is 1.94 bits per heavy atom. The third-order valence-corrected chi connectivity index (χ3v) is 3.75. The number of carbonyl (C=O) groups is 2. The van der Waals surface area contributed by atoms with Crippen molar-refractivity contribution < 1.29 is 9.59 Å². The van der Waals surface area contributed by atoms with Crippen molar-refractivity contribution in [1.82, 2.24) is 10.6 Å². The van der Waals surface area contributed by atoms with Gasteiger partial charge >= 0.3 is 0 Å². The molecular weight excluding hydrogens is 343 g/mol. The molecule has 0 heterocycles. The third kappa shape index (κ3) is 3.97. The van der Waals surface area contributed by atoms with Gasteiger partial charge in [-0.15, -0.1) is 0 Å². The number of rotatable bonds is 5. The third-order valence-electron chi connectivity index (χ3n) is 2.81. The predicted molar refractivity (Wildman–Crippen MR) is 77.2 cm³/mol. The minimum Gasteiger partial charge on any atom is -0.354 e. The molecule has 2 amide bonds. The summed E-state index contributed by atoms with van der Waals surface area (Å²) in [6.07, 6.45) is 2.41. The molecule has 1 aromatic carbocycles. The van der Waals surface area contributed by atoms with Gasteiger partial charge in [-0.25, -0.2) is 0 Å². The molecule has 0 aliphatic heterocycles. The first kappa shape index (κ1) is 13.3. The summed E-state index contributed by atoms with van der Waals surface area (Å²) in [6.45, 7) is 0.772. The van der Waals surface area contributed by atoms with Crippen LogP contribution in [0.15, 0.2) is 24.3 Å². The first-order valence-corrected chi connectivity index (χ1v) is 7.04. The maximum Gasteiger partial charge on any atom is 0.252 e. The van der Waals surface area contributed by atoms with Gasteiger partial charge in [0.05, 0.1) is 12.1 Å². The van der Waals surface area contributed by atoms with Gasteiger partial charge in [0.1, 0.15) is 0 Å². The van der Waals surface area contributed by atoms with E-state index in [1.807, 2.05) is 18.2 Å². The largest absolute Gasteiger partial charge is 0.354 e. The highest BCUT2D eigenvalue weighted by Crippen LogP contribution is 2.27. The van der Waals surface area contributed by atoms with Crippen LogP contribution in [0.1, 0.15) is 23.2 Å². The van der Waals surface area contributed by atoms with Crippen LogP contribution in [0.2, 0.25) is 0 Å². The van der Waals surface area contributed by atoms with Crippen LogP contribution in [0.3, 0.4) is 0 Å². The lowest BCUT2D eigenvalue weighted by Gasteiger charge is -2.07. The summed E-state index contributed by atoms with van der Waals surface area (Å²) in [5.41, 5.74) is 0.605. The summed E-state index contributed by atoms with van der Waals surface area (Å²) in [5, 5.41) is 5.44. The van der Waals surface area contributed by atoms with Crippen LogP contribution in [-0.2, 0) is 4.79 Å². The van der Waals surface area contributed by atoms with Crippen molar-refractivity contribution in [3.05, 3.63) is 33.4 Å². The molecule has 1 saturated carbocycles. The molecule has 0 saturated heterocycles. The Hall–Kier alpha value is -1.11. The summed E-state index contributed by atoms with van der Waals surface area (Å²) >= 11 is 2.10. The summed E-state index contributed by atoms with van der Waals surface area (Å²) in [5.74, 6) is 0.322. The Balaban J connectivity index is 1.77. The maximum atomic E-state index is 11.8. The fourth-order valence-electron chi connectivity index (χ4n) is 1.54. The zero-order chi connectivity index (χ0) is 13.0. The van der Waals surface area contributed by atoms with Crippen LogP contribution in [0.4, 0.5) is 0 Å². The Morgan fingerprint density at radius 1 is 1.22 bits per heavy atom. The van der Waals surface area contributed by atoms with Gasteiger partial charge in [-0.05, 0) is 53.5 Å². The van der Waals surface area contributed by atoms with Gasteiger partial charge < -0.3 is 10.6 Å². The summed E-state index contributed by atoms with van der Waals surface area (Å²) < 4.78 is 0.881. The van der Waals surface area contributed by atoms with E-state index in [4.69, 9.17) is 0 Å². The number of carbonyl (C=O) groups excluding carboxylic acids is 2. The van der Waals surface area contributed by atoms with E-state index in [1.165, 1.54) is 12.8 Å². The number of benzene rings is 1. The number of amides is 2. The van der Waals surface area contributed by atoms with Crippen LogP contribution in [-0.4, -0.2) is 24.9 Å². The summed E-state index contributed by atoms with van der Waals surface area (Å²) in [7, 11) is 0. The Kier molecular flexibility index (Phi) is 4.57. The van der Waals surface area contributed by atoms with Crippen molar-refractivity contribution in [3.63, 3.8) is 0 Å². The topological polar surface area (TPSA) is 58.2 Å². The van der Waals surface area contributed by atoms with Crippen molar-refractivity contribution in [2.75, 3.05) is 13.1 Å². The lowest BCUT2D eigenvalue weighted by atomic mass is 10.2. The van der Waals surface area contributed by atoms with Crippen molar-refractivity contribution in [3.8, 4) is 0 Å². The molecule has 2 rings (SSSR count). The second kappa shape index (κ2) is 6.17. The van der Waals surface area contributed by atoms with E-state index in [0.717, 1.165) is 10.1 Å². The van der Waals surface area contributed by atoms with Gasteiger partial charge in [-0.3, -0.25) is 9.59 Å². The highest BCUT2D eigenvalue weighted by Gasteiger charge is 2.21. The molecule has 0 spiro atoms. The van der Waals surface area contributed by atoms with Crippen molar-refractivity contribution in [1.29, 1.82) is 0 Å². The van der Waals surface area contributed by atoms with Crippen molar-refractivity contribution in [2.45, 2.75) is 12.8 Å². The van der Waals surface area contributed by atoms with Crippen LogP contribution in [0.25, 0.3) is 0 Å². The molecule has 18 heavy (non-hydrogen) atoms. The summed E-state index contributed by atoms with van der Waals surface area (Å²) in [4.78, 5) is 23.3. The Morgan fingerprint density at radius 3 is 2.61 bits per heavy atom. The fraction of sp³-hybridized carbons (Fsp3) is 0.385. The molecule has 0 unspecified atom stereocenters. The highest BCUT2D eigenvalue weighted by molar-refractivity contribution is 14.1. The van der Waals surface area contributed by atoms with Gasteiger partial charge in [0.15, 0.2) is 0 Å². The van der Waals surface area contributed by atoms with E-state index >= 15 is 0 Å². The van der Waals surface area contributed by atoms with E-state index in [0.29, 0.717) is 11.5 Å². The molecule has 1 aromatic rings. The van der Waals surface area contributed by atoms with Gasteiger partial charge in [0.25, 0.3) is 5.91 Å². The van der Waals surface area contributed by atoms with E-state index in [-0.39, 0.29) is 18.4 Å². The molecule has 0 bridgehead atoms. The van der Waals surface area contributed by atoms with Crippen molar-refractivity contribution >= 4 is 34.4 Å². The van der Waals surface area contributed by atoms with Gasteiger partial charge in [-0.2, -0.15) is 0 Å². The van der Waals surface area contributed by atoms with Crippen LogP contribution in [0.5, 0.6) is 0 Å². The maximum absolute atomic E-state index is 11.8. The predicted octanol–water partition coefficient (Wildman–Crippen LogP) is 1.55. The van der Waals surface area contributed by atoms with Gasteiger partial charge in [0, 0.05) is 10.1 Å². The monoisotopic (exact) mass is 358 g/mol. The molecule has 0 atom stereocenters. The molecular formula is C13H15IN2O2. The Bertz CT molecular complexity index is 458. The zero-order valence-electron chi connectivity index (χ0n) is 9.91. The van der Waals surface area contributed by atoms with E-state index in [1.54, 1.807) is 6.07 Å². The van der Waals surface area contributed by atoms with Gasteiger partial charge in [-0.1, -0.05) is 12.1 Å². The number of hydrogen-bond acceptors (Lipinski definition) is 2. The number of halogens is 1. The smallest absolute Gasteiger partial charge is 0.252 e. The number of hydrogen-bond donors (Lipinski definition) is 2. The van der Waals surface area contributed by atoms with Crippen LogP contribution in [0, 0.1) is 9.49 Å². The van der Waals surface area contributed by atoms with Crippen LogP contribution >= 0.6 is 22.6 Å². The van der Waals surface area contributed by atoms with E-state index < -0.39 is 0 Å². The molecule has 5 heteroatoms. The highest BCUT2D eigenvalue weighted by atomic mass is 127. The van der Waals surface area contributed by atoms with Crippen molar-refractivity contribution in [2.24, 2.45) is 5.92 Å². The average molecular weight is 358 g/mol. The molecule has 96 valence electrons. The minimum absolute atomic E-state index is 0.0382. The zero-order valence-corrected chi connectivity index (χ0v) is 12.1. The van der Waals surface area contributed by atoms with Gasteiger partial charge in [0.2, 0.25) is 5.91 Å². The molecule has 2 N–H and O–H groups in total.